The normalized spacial score (nSPS) is 10.1. The van der Waals surface area contributed by atoms with Crippen LogP contribution in [0.5, 0.6) is 5.75 Å². The van der Waals surface area contributed by atoms with E-state index in [9.17, 15) is 14.8 Å². The van der Waals surface area contributed by atoms with Crippen molar-refractivity contribution in [3.8, 4) is 5.75 Å². The lowest BCUT2D eigenvalue weighted by Gasteiger charge is -2.03. The third kappa shape index (κ3) is 2.35. The number of thiazole rings is 1. The van der Waals surface area contributed by atoms with Gasteiger partial charge in [0, 0.05) is 0 Å². The zero-order chi connectivity index (χ0) is 13.1. The zero-order valence-corrected chi connectivity index (χ0v) is 10.2. The van der Waals surface area contributed by atoms with Gasteiger partial charge in [-0.05, 0) is 35.1 Å². The standard InChI is InChI=1S/C11H9N3O3S/c1-6-3-2-4-7(15)9(6)10(16)13-11-12-5-8(14-17)18-11/h2-5,15H,1H3,(H,12,13,16)/p+1. The number of anilines is 1. The summed E-state index contributed by atoms with van der Waals surface area (Å²) in [5.74, 6) is -0.529. The molecule has 0 fully saturated rings. The molecule has 2 rings (SSSR count). The molecule has 0 atom stereocenters. The van der Waals surface area contributed by atoms with Gasteiger partial charge < -0.3 is 5.11 Å². The van der Waals surface area contributed by atoms with Gasteiger partial charge in [0.1, 0.15) is 17.5 Å². The van der Waals surface area contributed by atoms with Crippen LogP contribution in [0.2, 0.25) is 0 Å². The van der Waals surface area contributed by atoms with E-state index in [1.165, 1.54) is 12.3 Å². The Labute approximate surface area is 106 Å². The molecule has 0 aliphatic heterocycles. The van der Waals surface area contributed by atoms with Gasteiger partial charge in [-0.3, -0.25) is 0 Å². The first-order valence-electron chi connectivity index (χ1n) is 5.06. The highest BCUT2D eigenvalue weighted by atomic mass is 32.1. The van der Waals surface area contributed by atoms with Crippen molar-refractivity contribution in [1.82, 2.24) is 0 Å². The van der Waals surface area contributed by atoms with Gasteiger partial charge >= 0.3 is 11.0 Å². The summed E-state index contributed by atoms with van der Waals surface area (Å²) in [6.07, 6.45) is 1.39. The Morgan fingerprint density at radius 2 is 2.28 bits per heavy atom. The van der Waals surface area contributed by atoms with E-state index < -0.39 is 5.91 Å². The minimum atomic E-state index is -0.443. The number of phenols is 1. The number of aryl methyl sites for hydroxylation is 1. The number of rotatable bonds is 3. The average molecular weight is 264 g/mol. The molecule has 92 valence electrons. The maximum Gasteiger partial charge on any atom is 0.343 e. The highest BCUT2D eigenvalue weighted by Gasteiger charge is 2.20. The topological polar surface area (TPSA) is 92.9 Å². The van der Waals surface area contributed by atoms with Crippen molar-refractivity contribution >= 4 is 27.4 Å². The first kappa shape index (κ1) is 12.2. The molecule has 2 aromatic rings. The molecule has 6 nitrogen and oxygen atoms in total. The number of carbonyl (C=O) groups excluding carboxylic acids is 1. The van der Waals surface area contributed by atoms with Gasteiger partial charge in [0.25, 0.3) is 0 Å². The van der Waals surface area contributed by atoms with Crippen molar-refractivity contribution in [3.63, 3.8) is 0 Å². The number of aromatic hydroxyl groups is 1. The molecule has 1 heterocycles. The second kappa shape index (κ2) is 4.92. The number of aromatic amines is 1. The average Bonchev–Trinajstić information content (AvgIpc) is 2.76. The van der Waals surface area contributed by atoms with Crippen molar-refractivity contribution in [1.29, 1.82) is 0 Å². The molecule has 0 bridgehead atoms. The Hall–Kier alpha value is -2.28. The fraction of sp³-hybridized carbons (Fsp3) is 0.0909. The van der Waals surface area contributed by atoms with E-state index in [0.29, 0.717) is 10.7 Å². The number of phenolic OH excluding ortho intramolecular Hbond substituents is 1. The van der Waals surface area contributed by atoms with Crippen LogP contribution in [0.15, 0.2) is 29.6 Å². The van der Waals surface area contributed by atoms with Gasteiger partial charge in [-0.1, -0.05) is 12.1 Å². The molecular weight excluding hydrogens is 254 g/mol. The number of nitrogens with one attached hydrogen (secondary N) is 2. The Bertz CT molecular complexity index is 589. The summed E-state index contributed by atoms with van der Waals surface area (Å²) in [5, 5.41) is 15.6. The number of hydrogen-bond donors (Lipinski definition) is 2. The van der Waals surface area contributed by atoms with Crippen LogP contribution in [-0.4, -0.2) is 11.0 Å². The molecule has 0 aliphatic rings. The van der Waals surface area contributed by atoms with E-state index in [2.05, 4.69) is 15.5 Å². The number of nitrogens with zero attached hydrogens (tertiary/aromatic N) is 1. The quantitative estimate of drug-likeness (QED) is 0.832. The van der Waals surface area contributed by atoms with Crippen LogP contribution < -0.4 is 10.3 Å². The van der Waals surface area contributed by atoms with Crippen LogP contribution >= 0.6 is 11.3 Å². The van der Waals surface area contributed by atoms with Gasteiger partial charge in [0.2, 0.25) is 5.00 Å². The van der Waals surface area contributed by atoms with E-state index in [1.807, 2.05) is 0 Å². The lowest BCUT2D eigenvalue weighted by molar-refractivity contribution is -0.353. The van der Waals surface area contributed by atoms with Crippen LogP contribution in [0.3, 0.4) is 0 Å². The first-order chi connectivity index (χ1) is 8.61. The highest BCUT2D eigenvalue weighted by Crippen LogP contribution is 2.25. The number of aromatic nitrogens is 1. The Morgan fingerprint density at radius 3 is 2.89 bits per heavy atom. The zero-order valence-electron chi connectivity index (χ0n) is 9.43. The van der Waals surface area contributed by atoms with Crippen LogP contribution in [0.25, 0.3) is 0 Å². The second-order valence-corrected chi connectivity index (χ2v) is 4.60. The minimum absolute atomic E-state index is 0.0854. The van der Waals surface area contributed by atoms with E-state index in [1.54, 1.807) is 19.1 Å². The van der Waals surface area contributed by atoms with Crippen LogP contribution in [0.4, 0.5) is 10.1 Å². The maximum absolute atomic E-state index is 12.0. The number of H-pyrrole nitrogens is 1. The number of benzene rings is 1. The molecule has 0 unspecified atom stereocenters. The van der Waals surface area contributed by atoms with Gasteiger partial charge in [-0.25, -0.2) is 9.78 Å². The van der Waals surface area contributed by atoms with Crippen molar-refractivity contribution in [2.24, 2.45) is 5.18 Å². The molecule has 1 aromatic carbocycles. The summed E-state index contributed by atoms with van der Waals surface area (Å²) in [4.78, 5) is 24.9. The van der Waals surface area contributed by atoms with E-state index in [-0.39, 0.29) is 16.3 Å². The van der Waals surface area contributed by atoms with Gasteiger partial charge in [-0.2, -0.15) is 5.32 Å². The molecule has 0 saturated carbocycles. The van der Waals surface area contributed by atoms with Crippen molar-refractivity contribution < 1.29 is 14.9 Å². The molecule has 1 amide bonds. The molecule has 1 aromatic heterocycles. The van der Waals surface area contributed by atoms with Crippen molar-refractivity contribution in [3.05, 3.63) is 40.4 Å². The van der Waals surface area contributed by atoms with Crippen molar-refractivity contribution in [2.45, 2.75) is 6.92 Å². The molecular formula is C11H10N3O3S+. The summed E-state index contributed by atoms with van der Waals surface area (Å²) >= 11 is 1.02. The van der Waals surface area contributed by atoms with Gasteiger partial charge in [0.05, 0.1) is 0 Å². The van der Waals surface area contributed by atoms with E-state index in [0.717, 1.165) is 11.3 Å². The molecule has 0 spiro atoms. The number of amides is 1. The van der Waals surface area contributed by atoms with Gasteiger partial charge in [0.15, 0.2) is 0 Å². The van der Waals surface area contributed by atoms with E-state index in [4.69, 9.17) is 0 Å². The minimum Gasteiger partial charge on any atom is -0.507 e. The monoisotopic (exact) mass is 264 g/mol. The molecule has 0 radical (unpaired) electrons. The Balaban J connectivity index is 2.24. The first-order valence-corrected chi connectivity index (χ1v) is 5.88. The summed E-state index contributed by atoms with van der Waals surface area (Å²) in [5.41, 5.74) is 0.873. The second-order valence-electron chi connectivity index (χ2n) is 3.57. The molecule has 0 saturated heterocycles. The fourth-order valence-corrected chi connectivity index (χ4v) is 2.14. The lowest BCUT2D eigenvalue weighted by atomic mass is 10.1. The predicted octanol–water partition coefficient (Wildman–Crippen LogP) is 2.23. The molecule has 7 heteroatoms. The van der Waals surface area contributed by atoms with E-state index >= 15 is 0 Å². The largest absolute Gasteiger partial charge is 0.507 e. The lowest BCUT2D eigenvalue weighted by Crippen LogP contribution is -2.17. The number of hydrogen-bond acceptors (Lipinski definition) is 5. The summed E-state index contributed by atoms with van der Waals surface area (Å²) in [7, 11) is 0. The maximum atomic E-state index is 12.0. The number of nitroso groups, excluding NO2 is 1. The van der Waals surface area contributed by atoms with Crippen LogP contribution in [0, 0.1) is 11.8 Å². The summed E-state index contributed by atoms with van der Waals surface area (Å²) in [6, 6.07) is 4.83. The summed E-state index contributed by atoms with van der Waals surface area (Å²) < 4.78 is 0. The van der Waals surface area contributed by atoms with Crippen molar-refractivity contribution in [2.75, 3.05) is 5.32 Å². The summed E-state index contributed by atoms with van der Waals surface area (Å²) in [6.45, 7) is 1.73. The number of carbonyl (C=O) groups is 1. The SMILES string of the molecule is Cc1cccc(O)c1C(=O)Nc1[nH+]cc(N=O)s1. The van der Waals surface area contributed by atoms with Crippen LogP contribution in [0.1, 0.15) is 15.9 Å². The molecule has 3 N–H and O–H groups in total. The van der Waals surface area contributed by atoms with Crippen LogP contribution in [-0.2, 0) is 0 Å². The predicted molar refractivity (Wildman–Crippen MR) is 67.1 cm³/mol. The molecule has 18 heavy (non-hydrogen) atoms. The third-order valence-electron chi connectivity index (χ3n) is 2.33. The third-order valence-corrected chi connectivity index (χ3v) is 3.15. The Morgan fingerprint density at radius 1 is 1.50 bits per heavy atom. The Kier molecular flexibility index (Phi) is 3.33. The fourth-order valence-electron chi connectivity index (χ4n) is 1.51. The smallest absolute Gasteiger partial charge is 0.343 e. The van der Waals surface area contributed by atoms with Gasteiger partial charge in [-0.15, -0.1) is 4.91 Å². The molecule has 0 aliphatic carbocycles. The highest BCUT2D eigenvalue weighted by molar-refractivity contribution is 7.18.